The van der Waals surface area contributed by atoms with Crippen LogP contribution in [-0.2, 0) is 20.4 Å². The number of carboxylic acid groups (broad SMARTS) is 1. The number of rotatable bonds is 6. The van der Waals surface area contributed by atoms with E-state index in [2.05, 4.69) is 0 Å². The molecule has 0 heterocycles. The van der Waals surface area contributed by atoms with Crippen molar-refractivity contribution in [1.82, 2.24) is 0 Å². The average Bonchev–Trinajstić information content (AvgIpc) is 2.26. The predicted molar refractivity (Wildman–Crippen MR) is 72.0 cm³/mol. The Morgan fingerprint density at radius 1 is 1.40 bits per heavy atom. The van der Waals surface area contributed by atoms with Gasteiger partial charge < -0.3 is 5.11 Å². The minimum absolute atomic E-state index is 0.200. The van der Waals surface area contributed by atoms with Crippen molar-refractivity contribution in [2.24, 2.45) is 5.92 Å². The van der Waals surface area contributed by atoms with Crippen molar-refractivity contribution >= 4 is 21.5 Å². The van der Waals surface area contributed by atoms with Crippen LogP contribution in [0.1, 0.15) is 19.4 Å². The molecule has 1 aromatic carbocycles. The van der Waals surface area contributed by atoms with Gasteiger partial charge in [-0.25, -0.2) is 8.42 Å². The number of aliphatic carboxylic acids is 1. The lowest BCUT2D eigenvalue weighted by Gasteiger charge is -2.16. The van der Waals surface area contributed by atoms with Crippen LogP contribution in [0.4, 0.5) is 5.69 Å². The summed E-state index contributed by atoms with van der Waals surface area (Å²) < 4.78 is 24.2. The molecule has 20 heavy (non-hydrogen) atoms. The Morgan fingerprint density at radius 2 is 2.00 bits per heavy atom. The van der Waals surface area contributed by atoms with Crippen molar-refractivity contribution < 1.29 is 23.2 Å². The minimum Gasteiger partial charge on any atom is -0.480 e. The monoisotopic (exact) mass is 301 g/mol. The molecular weight excluding hydrogens is 286 g/mol. The Balaban J connectivity index is 3.10. The summed E-state index contributed by atoms with van der Waals surface area (Å²) in [5, 5.41) is 18.1. The number of sulfone groups is 1. The van der Waals surface area contributed by atoms with Crippen LogP contribution in [0.5, 0.6) is 0 Å². The number of benzene rings is 1. The second kappa shape index (κ2) is 6.00. The molecule has 1 unspecified atom stereocenters. The number of hydrogen-bond donors (Lipinski definition) is 1. The first-order chi connectivity index (χ1) is 9.15. The molecule has 1 N–H and O–H groups in total. The first-order valence-corrected chi connectivity index (χ1v) is 7.54. The molecule has 0 saturated carbocycles. The summed E-state index contributed by atoms with van der Waals surface area (Å²) in [6.45, 7) is 3.01. The SMILES string of the molecule is CC(C)C(C(=O)O)S(=O)(=O)Cc1cccc([N+](=O)[O-])c1. The van der Waals surface area contributed by atoms with E-state index >= 15 is 0 Å². The first kappa shape index (κ1) is 16.1. The highest BCUT2D eigenvalue weighted by atomic mass is 32.2. The van der Waals surface area contributed by atoms with Gasteiger partial charge in [-0.05, 0) is 11.5 Å². The average molecular weight is 301 g/mol. The standard InChI is InChI=1S/C12H15NO6S/c1-8(2)11(12(14)15)20(18,19)7-9-4-3-5-10(6-9)13(16)17/h3-6,8,11H,7H2,1-2H3,(H,14,15). The quantitative estimate of drug-likeness (QED) is 0.630. The molecule has 1 rings (SSSR count). The van der Waals surface area contributed by atoms with Gasteiger partial charge in [0.1, 0.15) is 0 Å². The Kier molecular flexibility index (Phi) is 4.83. The lowest BCUT2D eigenvalue weighted by atomic mass is 10.1. The second-order valence-electron chi connectivity index (χ2n) is 4.74. The van der Waals surface area contributed by atoms with E-state index < -0.39 is 37.7 Å². The Hall–Kier alpha value is -1.96. The van der Waals surface area contributed by atoms with Crippen molar-refractivity contribution in [3.63, 3.8) is 0 Å². The van der Waals surface area contributed by atoms with Crippen LogP contribution in [0.25, 0.3) is 0 Å². The summed E-state index contributed by atoms with van der Waals surface area (Å²) in [4.78, 5) is 21.1. The molecule has 0 aliphatic heterocycles. The highest BCUT2D eigenvalue weighted by Gasteiger charge is 2.35. The molecule has 0 amide bonds. The molecule has 0 aliphatic carbocycles. The first-order valence-electron chi connectivity index (χ1n) is 5.83. The van der Waals surface area contributed by atoms with Gasteiger partial charge in [0, 0.05) is 12.1 Å². The topological polar surface area (TPSA) is 115 Å². The van der Waals surface area contributed by atoms with Crippen molar-refractivity contribution in [3.05, 3.63) is 39.9 Å². The highest BCUT2D eigenvalue weighted by Crippen LogP contribution is 2.20. The van der Waals surface area contributed by atoms with Crippen LogP contribution in [0.15, 0.2) is 24.3 Å². The molecule has 1 aromatic rings. The molecule has 8 heteroatoms. The number of carboxylic acids is 1. The van der Waals surface area contributed by atoms with Gasteiger partial charge >= 0.3 is 5.97 Å². The summed E-state index contributed by atoms with van der Waals surface area (Å²) in [6.07, 6.45) is 0. The molecular formula is C12H15NO6S. The maximum absolute atomic E-state index is 12.1. The van der Waals surface area contributed by atoms with Gasteiger partial charge in [-0.2, -0.15) is 0 Å². The van der Waals surface area contributed by atoms with Crippen molar-refractivity contribution in [2.45, 2.75) is 24.9 Å². The van der Waals surface area contributed by atoms with E-state index in [0.29, 0.717) is 0 Å². The number of nitro groups is 1. The summed E-state index contributed by atoms with van der Waals surface area (Å²) in [5.74, 6) is -2.54. The van der Waals surface area contributed by atoms with E-state index in [9.17, 15) is 23.3 Å². The van der Waals surface area contributed by atoms with Crippen molar-refractivity contribution in [2.75, 3.05) is 0 Å². The molecule has 7 nitrogen and oxygen atoms in total. The molecule has 0 radical (unpaired) electrons. The fourth-order valence-corrected chi connectivity index (χ4v) is 3.90. The zero-order chi connectivity index (χ0) is 15.5. The van der Waals surface area contributed by atoms with Crippen molar-refractivity contribution in [1.29, 1.82) is 0 Å². The Labute approximate surface area is 116 Å². The van der Waals surface area contributed by atoms with Crippen LogP contribution >= 0.6 is 0 Å². The van der Waals surface area contributed by atoms with Gasteiger partial charge in [-0.1, -0.05) is 26.0 Å². The summed E-state index contributed by atoms with van der Waals surface area (Å²) in [7, 11) is -3.94. The minimum atomic E-state index is -3.94. The molecule has 0 aromatic heterocycles. The van der Waals surface area contributed by atoms with E-state index in [1.807, 2.05) is 0 Å². The molecule has 0 saturated heterocycles. The zero-order valence-corrected chi connectivity index (χ0v) is 11.8. The molecule has 0 spiro atoms. The summed E-state index contributed by atoms with van der Waals surface area (Å²) in [5.41, 5.74) is -0.0276. The molecule has 0 aliphatic rings. The molecule has 110 valence electrons. The lowest BCUT2D eigenvalue weighted by Crippen LogP contribution is -2.35. The van der Waals surface area contributed by atoms with Crippen LogP contribution in [0.2, 0.25) is 0 Å². The molecule has 1 atom stereocenters. The van der Waals surface area contributed by atoms with E-state index in [-0.39, 0.29) is 11.3 Å². The maximum atomic E-state index is 12.1. The Morgan fingerprint density at radius 3 is 2.45 bits per heavy atom. The molecule has 0 fully saturated rings. The van der Waals surface area contributed by atoms with Gasteiger partial charge in [0.05, 0.1) is 10.7 Å². The fourth-order valence-electron chi connectivity index (χ4n) is 1.94. The van der Waals surface area contributed by atoms with Gasteiger partial charge in [-0.3, -0.25) is 14.9 Å². The van der Waals surface area contributed by atoms with E-state index in [1.54, 1.807) is 0 Å². The van der Waals surface area contributed by atoms with Crippen LogP contribution in [0, 0.1) is 16.0 Å². The zero-order valence-electron chi connectivity index (χ0n) is 11.0. The Bertz CT molecular complexity index is 623. The fraction of sp³-hybridized carbons (Fsp3) is 0.417. The van der Waals surface area contributed by atoms with E-state index in [1.165, 1.54) is 32.0 Å². The lowest BCUT2D eigenvalue weighted by molar-refractivity contribution is -0.384. The van der Waals surface area contributed by atoms with Gasteiger partial charge in [0.25, 0.3) is 5.69 Å². The smallest absolute Gasteiger partial charge is 0.322 e. The van der Waals surface area contributed by atoms with E-state index in [4.69, 9.17) is 5.11 Å². The van der Waals surface area contributed by atoms with Crippen LogP contribution in [0.3, 0.4) is 0 Å². The maximum Gasteiger partial charge on any atom is 0.322 e. The van der Waals surface area contributed by atoms with Crippen LogP contribution in [-0.4, -0.2) is 29.7 Å². The number of nitro benzene ring substituents is 1. The van der Waals surface area contributed by atoms with E-state index in [0.717, 1.165) is 6.07 Å². The van der Waals surface area contributed by atoms with Crippen LogP contribution < -0.4 is 0 Å². The summed E-state index contributed by atoms with van der Waals surface area (Å²) >= 11 is 0. The number of carbonyl (C=O) groups is 1. The number of nitrogens with zero attached hydrogens (tertiary/aromatic N) is 1. The molecule has 0 bridgehead atoms. The number of hydrogen-bond acceptors (Lipinski definition) is 5. The largest absolute Gasteiger partial charge is 0.480 e. The van der Waals surface area contributed by atoms with Gasteiger partial charge in [0.15, 0.2) is 15.1 Å². The van der Waals surface area contributed by atoms with Crippen molar-refractivity contribution in [3.8, 4) is 0 Å². The second-order valence-corrected chi connectivity index (χ2v) is 6.86. The van der Waals surface area contributed by atoms with Gasteiger partial charge in [-0.15, -0.1) is 0 Å². The normalized spacial score (nSPS) is 13.2. The highest BCUT2D eigenvalue weighted by molar-refractivity contribution is 7.92. The number of non-ortho nitro benzene ring substituents is 1. The third-order valence-electron chi connectivity index (χ3n) is 2.73. The third-order valence-corrected chi connectivity index (χ3v) is 4.98. The summed E-state index contributed by atoms with van der Waals surface area (Å²) in [6, 6.07) is 5.17. The predicted octanol–water partition coefficient (Wildman–Crippen LogP) is 1.62. The third kappa shape index (κ3) is 3.77. The van der Waals surface area contributed by atoms with Gasteiger partial charge in [0.2, 0.25) is 0 Å².